The van der Waals surface area contributed by atoms with Crippen molar-refractivity contribution >= 4 is 27.2 Å². The van der Waals surface area contributed by atoms with Crippen molar-refractivity contribution in [2.75, 3.05) is 26.2 Å². The van der Waals surface area contributed by atoms with E-state index in [1.165, 1.54) is 0 Å². The molecule has 5 nitrogen and oxygen atoms in total. The third-order valence-electron chi connectivity index (χ3n) is 3.54. The Balaban J connectivity index is 1.92. The van der Waals surface area contributed by atoms with E-state index < -0.39 is 10.0 Å². The number of nitrogens with two attached hydrogens (primary N) is 1. The van der Waals surface area contributed by atoms with E-state index in [4.69, 9.17) is 18.0 Å². The van der Waals surface area contributed by atoms with Gasteiger partial charge in [-0.15, -0.1) is 0 Å². The van der Waals surface area contributed by atoms with Crippen molar-refractivity contribution in [2.24, 2.45) is 5.73 Å². The van der Waals surface area contributed by atoms with Crippen LogP contribution in [-0.2, 0) is 10.0 Å². The summed E-state index contributed by atoms with van der Waals surface area (Å²) in [5.74, 6) is 0. The minimum atomic E-state index is -3.02. The van der Waals surface area contributed by atoms with Gasteiger partial charge in [0.05, 0.1) is 16.3 Å². The largest absolute Gasteiger partial charge is 0.392 e. The van der Waals surface area contributed by atoms with Gasteiger partial charge in [-0.2, -0.15) is 4.31 Å². The SMILES string of the molecule is CC(C(N)=S)N1CCN(S(=O)(=O)C2CC2)CC1. The minimum absolute atomic E-state index is 0.0516. The van der Waals surface area contributed by atoms with Gasteiger partial charge in [-0.3, -0.25) is 4.90 Å². The zero-order valence-corrected chi connectivity index (χ0v) is 11.6. The third-order valence-corrected chi connectivity index (χ3v) is 6.28. The van der Waals surface area contributed by atoms with E-state index in [-0.39, 0.29) is 11.3 Å². The van der Waals surface area contributed by atoms with E-state index in [2.05, 4.69) is 4.90 Å². The molecule has 1 atom stereocenters. The molecule has 2 rings (SSSR count). The molecular formula is C10H19N3O2S2. The van der Waals surface area contributed by atoms with Crippen molar-refractivity contribution < 1.29 is 8.42 Å². The molecule has 17 heavy (non-hydrogen) atoms. The van der Waals surface area contributed by atoms with Crippen LogP contribution in [0.25, 0.3) is 0 Å². The summed E-state index contributed by atoms with van der Waals surface area (Å²) in [7, 11) is -3.02. The molecule has 0 aromatic heterocycles. The maximum atomic E-state index is 12.0. The van der Waals surface area contributed by atoms with Gasteiger partial charge in [0.15, 0.2) is 0 Å². The maximum absolute atomic E-state index is 12.0. The predicted octanol–water partition coefficient (Wildman–Crippen LogP) is -0.229. The highest BCUT2D eigenvalue weighted by atomic mass is 32.2. The summed E-state index contributed by atoms with van der Waals surface area (Å²) in [5.41, 5.74) is 5.60. The molecule has 7 heteroatoms. The van der Waals surface area contributed by atoms with Crippen LogP contribution in [0, 0.1) is 0 Å². The van der Waals surface area contributed by atoms with Gasteiger partial charge in [0.25, 0.3) is 0 Å². The van der Waals surface area contributed by atoms with E-state index >= 15 is 0 Å². The second-order valence-corrected chi connectivity index (χ2v) is 7.44. The lowest BCUT2D eigenvalue weighted by Gasteiger charge is -2.37. The molecule has 1 saturated carbocycles. The molecule has 1 saturated heterocycles. The van der Waals surface area contributed by atoms with Crippen LogP contribution in [0.5, 0.6) is 0 Å². The summed E-state index contributed by atoms with van der Waals surface area (Å²) >= 11 is 4.96. The number of hydrogen-bond acceptors (Lipinski definition) is 4. The van der Waals surface area contributed by atoms with Gasteiger partial charge in [-0.05, 0) is 19.8 Å². The van der Waals surface area contributed by atoms with Crippen molar-refractivity contribution in [1.29, 1.82) is 0 Å². The van der Waals surface area contributed by atoms with Crippen LogP contribution in [0.15, 0.2) is 0 Å². The van der Waals surface area contributed by atoms with Gasteiger partial charge in [-0.1, -0.05) is 12.2 Å². The quantitative estimate of drug-likeness (QED) is 0.719. The molecule has 1 aliphatic heterocycles. The normalized spacial score (nSPS) is 25.7. The molecule has 0 amide bonds. The Morgan fingerprint density at radius 3 is 2.24 bits per heavy atom. The predicted molar refractivity (Wildman–Crippen MR) is 71.3 cm³/mol. The van der Waals surface area contributed by atoms with Gasteiger partial charge in [0.1, 0.15) is 0 Å². The first kappa shape index (κ1) is 13.2. The zero-order chi connectivity index (χ0) is 12.6. The first-order valence-corrected chi connectivity index (χ1v) is 7.86. The molecule has 0 radical (unpaired) electrons. The van der Waals surface area contributed by atoms with Crippen LogP contribution >= 0.6 is 12.2 Å². The molecule has 2 fully saturated rings. The summed E-state index contributed by atoms with van der Waals surface area (Å²) in [6.07, 6.45) is 1.65. The maximum Gasteiger partial charge on any atom is 0.217 e. The summed E-state index contributed by atoms with van der Waals surface area (Å²) < 4.78 is 25.6. The molecule has 1 aliphatic carbocycles. The fourth-order valence-corrected chi connectivity index (χ4v) is 4.08. The lowest BCUT2D eigenvalue weighted by molar-refractivity contribution is 0.174. The summed E-state index contributed by atoms with van der Waals surface area (Å²) in [5, 5.41) is -0.109. The Labute approximate surface area is 108 Å². The number of hydrogen-bond donors (Lipinski definition) is 1. The molecule has 0 bridgehead atoms. The van der Waals surface area contributed by atoms with Crippen LogP contribution in [0.1, 0.15) is 19.8 Å². The Morgan fingerprint density at radius 1 is 1.29 bits per heavy atom. The fourth-order valence-electron chi connectivity index (χ4n) is 2.10. The monoisotopic (exact) mass is 277 g/mol. The van der Waals surface area contributed by atoms with Crippen molar-refractivity contribution in [3.63, 3.8) is 0 Å². The number of sulfonamides is 1. The topological polar surface area (TPSA) is 66.6 Å². The standard InChI is InChI=1S/C10H19N3O2S2/c1-8(10(11)16)12-4-6-13(7-5-12)17(14,15)9-2-3-9/h8-9H,2-7H2,1H3,(H2,11,16). The molecule has 0 spiro atoms. The van der Waals surface area contributed by atoms with Crippen molar-refractivity contribution in [1.82, 2.24) is 9.21 Å². The van der Waals surface area contributed by atoms with Crippen LogP contribution in [0.2, 0.25) is 0 Å². The molecule has 98 valence electrons. The average Bonchev–Trinajstić information content (AvgIpc) is 3.12. The Morgan fingerprint density at radius 2 is 1.82 bits per heavy atom. The molecule has 0 aromatic carbocycles. The molecule has 1 unspecified atom stereocenters. The van der Waals surface area contributed by atoms with Crippen LogP contribution < -0.4 is 5.73 Å². The summed E-state index contributed by atoms with van der Waals surface area (Å²) in [6.45, 7) is 4.51. The second kappa shape index (κ2) is 4.79. The highest BCUT2D eigenvalue weighted by Gasteiger charge is 2.41. The highest BCUT2D eigenvalue weighted by Crippen LogP contribution is 2.31. The smallest absolute Gasteiger partial charge is 0.217 e. The van der Waals surface area contributed by atoms with E-state index in [0.717, 1.165) is 12.8 Å². The van der Waals surface area contributed by atoms with Gasteiger partial charge in [-0.25, -0.2) is 8.42 Å². The Hall–Kier alpha value is -0.240. The van der Waals surface area contributed by atoms with E-state index in [1.54, 1.807) is 4.31 Å². The van der Waals surface area contributed by atoms with Gasteiger partial charge >= 0.3 is 0 Å². The van der Waals surface area contributed by atoms with Crippen molar-refractivity contribution in [3.05, 3.63) is 0 Å². The summed E-state index contributed by atoms with van der Waals surface area (Å²) in [4.78, 5) is 2.62. The Kier molecular flexibility index (Phi) is 3.72. The van der Waals surface area contributed by atoms with Crippen LogP contribution in [0.3, 0.4) is 0 Å². The Bertz CT molecular complexity index is 398. The van der Waals surface area contributed by atoms with E-state index in [1.807, 2.05) is 6.92 Å². The number of piperazine rings is 1. The molecule has 1 heterocycles. The molecule has 0 aromatic rings. The lowest BCUT2D eigenvalue weighted by atomic mass is 10.2. The zero-order valence-electron chi connectivity index (χ0n) is 10.0. The number of thiocarbonyl (C=S) groups is 1. The highest BCUT2D eigenvalue weighted by molar-refractivity contribution is 7.90. The van der Waals surface area contributed by atoms with Crippen molar-refractivity contribution in [3.8, 4) is 0 Å². The fraction of sp³-hybridized carbons (Fsp3) is 0.900. The first-order valence-electron chi connectivity index (χ1n) is 5.95. The first-order chi connectivity index (χ1) is 7.93. The van der Waals surface area contributed by atoms with E-state index in [0.29, 0.717) is 31.2 Å². The lowest BCUT2D eigenvalue weighted by Crippen LogP contribution is -2.54. The molecule has 2 N–H and O–H groups in total. The average molecular weight is 277 g/mol. The molecule has 2 aliphatic rings. The molecular weight excluding hydrogens is 258 g/mol. The second-order valence-electron chi connectivity index (χ2n) is 4.76. The summed E-state index contributed by atoms with van der Waals surface area (Å²) in [6, 6.07) is 0.0516. The third kappa shape index (κ3) is 2.78. The van der Waals surface area contributed by atoms with Crippen LogP contribution in [-0.4, -0.2) is 60.1 Å². The van der Waals surface area contributed by atoms with Gasteiger partial charge in [0.2, 0.25) is 10.0 Å². The minimum Gasteiger partial charge on any atom is -0.392 e. The van der Waals surface area contributed by atoms with E-state index in [9.17, 15) is 8.42 Å². The number of rotatable bonds is 4. The van der Waals surface area contributed by atoms with Gasteiger partial charge < -0.3 is 5.73 Å². The van der Waals surface area contributed by atoms with Crippen molar-refractivity contribution in [2.45, 2.75) is 31.1 Å². The van der Waals surface area contributed by atoms with Gasteiger partial charge in [0, 0.05) is 26.2 Å². The van der Waals surface area contributed by atoms with Crippen LogP contribution in [0.4, 0.5) is 0 Å². The number of nitrogens with zero attached hydrogens (tertiary/aromatic N) is 2.